The van der Waals surface area contributed by atoms with Crippen molar-refractivity contribution < 1.29 is 14.4 Å². The average Bonchev–Trinajstić information content (AvgIpc) is 3.34. The molecule has 1 heterocycles. The van der Waals surface area contributed by atoms with Gasteiger partial charge in [0.2, 0.25) is 5.91 Å². The molecule has 1 aromatic carbocycles. The van der Waals surface area contributed by atoms with Crippen molar-refractivity contribution in [2.45, 2.75) is 12.8 Å². The summed E-state index contributed by atoms with van der Waals surface area (Å²) in [5.41, 5.74) is 0.885. The number of imide groups is 1. The summed E-state index contributed by atoms with van der Waals surface area (Å²) < 4.78 is 0. The molecule has 0 aromatic heterocycles. The Morgan fingerprint density at radius 2 is 2.00 bits per heavy atom. The van der Waals surface area contributed by atoms with E-state index in [9.17, 15) is 14.4 Å². The van der Waals surface area contributed by atoms with Crippen molar-refractivity contribution in [1.82, 2.24) is 10.2 Å². The summed E-state index contributed by atoms with van der Waals surface area (Å²) in [6, 6.07) is 9.45. The summed E-state index contributed by atoms with van der Waals surface area (Å²) in [6.45, 7) is 0.506. The van der Waals surface area contributed by atoms with Gasteiger partial charge >= 0.3 is 0 Å². The molecule has 1 aliphatic heterocycles. The maximum atomic E-state index is 12.5. The quantitative estimate of drug-likeness (QED) is 0.641. The Kier molecular flexibility index (Phi) is 4.68. The van der Waals surface area contributed by atoms with Crippen molar-refractivity contribution >= 4 is 34.9 Å². The topological polar surface area (TPSA) is 66.5 Å². The normalized spacial score (nSPS) is 28.4. The number of amides is 3. The number of allylic oxidation sites excluding steroid dienone is 2. The van der Waals surface area contributed by atoms with Gasteiger partial charge in [0.05, 0.1) is 4.91 Å². The van der Waals surface area contributed by atoms with Crippen molar-refractivity contribution in [2.24, 2.45) is 17.8 Å². The van der Waals surface area contributed by atoms with Crippen LogP contribution in [0.15, 0.2) is 47.4 Å². The van der Waals surface area contributed by atoms with Crippen LogP contribution in [0.2, 0.25) is 0 Å². The molecule has 0 unspecified atom stereocenters. The fourth-order valence-corrected chi connectivity index (χ4v) is 4.76. The molecule has 0 radical (unpaired) electrons. The standard InChI is InChI=1S/C20H20N2O3S/c23-18(16-11-14-6-7-15(16)10-14)21-8-9-22-19(24)17(26-20(22)25)12-13-4-2-1-3-5-13/h1-7,12,14-16H,8-11H2,(H,21,23)/b17-12-/t14-,15+,16-/m1/s1. The van der Waals surface area contributed by atoms with Crippen molar-refractivity contribution in [3.8, 4) is 0 Å². The first-order valence-electron chi connectivity index (χ1n) is 8.88. The van der Waals surface area contributed by atoms with Gasteiger partial charge in [0, 0.05) is 19.0 Å². The summed E-state index contributed by atoms with van der Waals surface area (Å²) >= 11 is 0.947. The predicted octanol–water partition coefficient (Wildman–Crippen LogP) is 3.05. The number of nitrogens with one attached hydrogen (secondary N) is 1. The number of benzene rings is 1. The number of hydrogen-bond acceptors (Lipinski definition) is 4. The summed E-state index contributed by atoms with van der Waals surface area (Å²) in [6.07, 6.45) is 8.06. The summed E-state index contributed by atoms with van der Waals surface area (Å²) in [5, 5.41) is 2.61. The van der Waals surface area contributed by atoms with E-state index in [4.69, 9.17) is 0 Å². The number of thioether (sulfide) groups is 1. The Bertz CT molecular complexity index is 803. The van der Waals surface area contributed by atoms with Crippen LogP contribution in [-0.4, -0.2) is 35.0 Å². The molecule has 2 bridgehead atoms. The third-order valence-electron chi connectivity index (χ3n) is 5.22. The molecule has 0 spiro atoms. The highest BCUT2D eigenvalue weighted by Crippen LogP contribution is 2.43. The minimum Gasteiger partial charge on any atom is -0.354 e. The van der Waals surface area contributed by atoms with Crippen LogP contribution in [0.3, 0.4) is 0 Å². The molecule has 2 aliphatic carbocycles. The molecule has 1 N–H and O–H groups in total. The van der Waals surface area contributed by atoms with E-state index in [1.807, 2.05) is 30.3 Å². The molecule has 6 heteroatoms. The molecule has 5 nitrogen and oxygen atoms in total. The van der Waals surface area contributed by atoms with Gasteiger partial charge < -0.3 is 5.32 Å². The van der Waals surface area contributed by atoms with Crippen LogP contribution in [0.4, 0.5) is 4.79 Å². The smallest absolute Gasteiger partial charge is 0.293 e. The number of carbonyl (C=O) groups excluding carboxylic acids is 3. The van der Waals surface area contributed by atoms with Gasteiger partial charge in [-0.2, -0.15) is 0 Å². The van der Waals surface area contributed by atoms with Gasteiger partial charge in [-0.15, -0.1) is 0 Å². The lowest BCUT2D eigenvalue weighted by Crippen LogP contribution is -2.40. The molecule has 3 atom stereocenters. The Labute approximate surface area is 156 Å². The molecular weight excluding hydrogens is 348 g/mol. The molecular formula is C20H20N2O3S. The van der Waals surface area contributed by atoms with Gasteiger partial charge in [-0.25, -0.2) is 0 Å². The molecule has 2 fully saturated rings. The number of rotatable bonds is 5. The van der Waals surface area contributed by atoms with E-state index >= 15 is 0 Å². The summed E-state index contributed by atoms with van der Waals surface area (Å²) in [7, 11) is 0. The van der Waals surface area contributed by atoms with Crippen LogP contribution in [0.25, 0.3) is 6.08 Å². The summed E-state index contributed by atoms with van der Waals surface area (Å²) in [5.74, 6) is 0.679. The second-order valence-corrected chi connectivity index (χ2v) is 7.91. The first kappa shape index (κ1) is 17.1. The van der Waals surface area contributed by atoms with Crippen LogP contribution >= 0.6 is 11.8 Å². The van der Waals surface area contributed by atoms with E-state index in [2.05, 4.69) is 17.5 Å². The van der Waals surface area contributed by atoms with Crippen LogP contribution < -0.4 is 5.32 Å². The van der Waals surface area contributed by atoms with Crippen molar-refractivity contribution in [1.29, 1.82) is 0 Å². The van der Waals surface area contributed by atoms with Crippen molar-refractivity contribution in [2.75, 3.05) is 13.1 Å². The van der Waals surface area contributed by atoms with Crippen molar-refractivity contribution in [3.05, 3.63) is 53.0 Å². The Balaban J connectivity index is 1.31. The SMILES string of the molecule is O=C(NCCN1C(=O)S/C(=C\c2ccccc2)C1=O)[C@@H]1C[C@@H]2C=C[C@H]1C2. The maximum absolute atomic E-state index is 12.5. The average molecular weight is 368 g/mol. The molecule has 4 rings (SSSR count). The molecule has 1 aromatic rings. The Morgan fingerprint density at radius 3 is 2.69 bits per heavy atom. The van der Waals surface area contributed by atoms with Crippen LogP contribution in [0.1, 0.15) is 18.4 Å². The minimum absolute atomic E-state index is 0.0358. The van der Waals surface area contributed by atoms with E-state index in [1.165, 1.54) is 4.90 Å². The monoisotopic (exact) mass is 368 g/mol. The Hall–Kier alpha value is -2.34. The van der Waals surface area contributed by atoms with Crippen LogP contribution in [0, 0.1) is 17.8 Å². The molecule has 134 valence electrons. The van der Waals surface area contributed by atoms with E-state index < -0.39 is 0 Å². The lowest BCUT2D eigenvalue weighted by atomic mass is 9.93. The van der Waals surface area contributed by atoms with Crippen LogP contribution in [0.5, 0.6) is 0 Å². The third kappa shape index (κ3) is 3.33. The van der Waals surface area contributed by atoms with Crippen molar-refractivity contribution in [3.63, 3.8) is 0 Å². The lowest BCUT2D eigenvalue weighted by Gasteiger charge is -2.19. The number of carbonyl (C=O) groups is 3. The summed E-state index contributed by atoms with van der Waals surface area (Å²) in [4.78, 5) is 38.5. The first-order chi connectivity index (χ1) is 12.6. The second kappa shape index (κ2) is 7.11. The lowest BCUT2D eigenvalue weighted by molar-refractivity contribution is -0.127. The second-order valence-electron chi connectivity index (χ2n) is 6.92. The van der Waals surface area contributed by atoms with Gasteiger partial charge in [0.25, 0.3) is 11.1 Å². The fraction of sp³-hybridized carbons (Fsp3) is 0.350. The zero-order valence-corrected chi connectivity index (χ0v) is 15.1. The third-order valence-corrected chi connectivity index (χ3v) is 6.13. The van der Waals surface area contributed by atoms with Gasteiger partial charge in [0.1, 0.15) is 0 Å². The molecule has 3 amide bonds. The minimum atomic E-state index is -0.291. The van der Waals surface area contributed by atoms with Crippen LogP contribution in [-0.2, 0) is 9.59 Å². The Morgan fingerprint density at radius 1 is 1.19 bits per heavy atom. The maximum Gasteiger partial charge on any atom is 0.293 e. The first-order valence-corrected chi connectivity index (χ1v) is 9.70. The zero-order chi connectivity index (χ0) is 18.1. The molecule has 1 saturated heterocycles. The predicted molar refractivity (Wildman–Crippen MR) is 101 cm³/mol. The van der Waals surface area contributed by atoms with E-state index in [0.29, 0.717) is 23.3 Å². The zero-order valence-electron chi connectivity index (χ0n) is 14.3. The molecule has 3 aliphatic rings. The molecule has 1 saturated carbocycles. The number of nitrogens with zero attached hydrogens (tertiary/aromatic N) is 1. The highest BCUT2D eigenvalue weighted by Gasteiger charge is 2.40. The number of hydrogen-bond donors (Lipinski definition) is 1. The van der Waals surface area contributed by atoms with E-state index in [-0.39, 0.29) is 29.5 Å². The van der Waals surface area contributed by atoms with Gasteiger partial charge in [-0.05, 0) is 48.1 Å². The highest BCUT2D eigenvalue weighted by atomic mass is 32.2. The van der Waals surface area contributed by atoms with E-state index in [1.54, 1.807) is 6.08 Å². The van der Waals surface area contributed by atoms with Gasteiger partial charge in [-0.1, -0.05) is 42.5 Å². The fourth-order valence-electron chi connectivity index (χ4n) is 3.90. The van der Waals surface area contributed by atoms with Gasteiger partial charge in [-0.3, -0.25) is 19.3 Å². The molecule has 26 heavy (non-hydrogen) atoms. The number of fused-ring (bicyclic) bond motifs is 2. The van der Waals surface area contributed by atoms with E-state index in [0.717, 1.165) is 30.2 Å². The largest absolute Gasteiger partial charge is 0.354 e. The van der Waals surface area contributed by atoms with Gasteiger partial charge in [0.15, 0.2) is 0 Å². The highest BCUT2D eigenvalue weighted by molar-refractivity contribution is 8.18.